The van der Waals surface area contributed by atoms with Crippen LogP contribution in [0.25, 0.3) is 0 Å². The number of rotatable bonds is 26. The third-order valence-electron chi connectivity index (χ3n) is 9.97. The van der Waals surface area contributed by atoms with E-state index < -0.39 is 44.4 Å². The number of nitriles is 1. The molecule has 0 amide bonds. The molecular formula is C45H60N5O11P. The van der Waals surface area contributed by atoms with Crippen LogP contribution in [0.1, 0.15) is 70.4 Å². The van der Waals surface area contributed by atoms with Gasteiger partial charge in [0.1, 0.15) is 49.0 Å². The Hall–Kier alpha value is -4.50. The first-order valence-corrected chi connectivity index (χ1v) is 21.8. The zero-order valence-corrected chi connectivity index (χ0v) is 37.7. The Balaban J connectivity index is 1.65. The van der Waals surface area contributed by atoms with Crippen molar-refractivity contribution >= 4 is 14.3 Å². The smallest absolute Gasteiger partial charge is 0.351 e. The summed E-state index contributed by atoms with van der Waals surface area (Å²) in [7, 11) is 2.95. The molecule has 62 heavy (non-hydrogen) atoms. The van der Waals surface area contributed by atoms with Crippen molar-refractivity contribution in [1.82, 2.24) is 14.2 Å². The first kappa shape index (κ1) is 48.5. The molecule has 1 N–H and O–H groups in total. The zero-order valence-electron chi connectivity index (χ0n) is 36.8. The monoisotopic (exact) mass is 877 g/mol. The summed E-state index contributed by atoms with van der Waals surface area (Å²) in [5.74, 6) is 1.58. The van der Waals surface area contributed by atoms with E-state index in [2.05, 4.69) is 42.8 Å². The van der Waals surface area contributed by atoms with Gasteiger partial charge < -0.3 is 42.2 Å². The van der Waals surface area contributed by atoms with Gasteiger partial charge in [-0.1, -0.05) is 61.5 Å². The molecular weight excluding hydrogens is 817 g/mol. The minimum absolute atomic E-state index is 0.0440. The van der Waals surface area contributed by atoms with Crippen molar-refractivity contribution in [2.24, 2.45) is 0 Å². The van der Waals surface area contributed by atoms with Crippen molar-refractivity contribution in [3.8, 4) is 17.6 Å². The molecule has 3 unspecified atom stereocenters. The molecule has 1 fully saturated rings. The maximum atomic E-state index is 13.8. The van der Waals surface area contributed by atoms with Gasteiger partial charge in [0.25, 0.3) is 8.53 Å². The van der Waals surface area contributed by atoms with Crippen molar-refractivity contribution in [1.29, 1.82) is 5.26 Å². The van der Waals surface area contributed by atoms with Crippen LogP contribution < -0.4 is 20.6 Å². The van der Waals surface area contributed by atoms with E-state index in [4.69, 9.17) is 52.3 Å². The lowest BCUT2D eigenvalue weighted by Gasteiger charge is -2.39. The van der Waals surface area contributed by atoms with Crippen LogP contribution >= 0.6 is 8.53 Å². The standard InChI is InChI=1S/C45H60N5O11P/c1-9-27-59-62(50(32(2)3)33(4)5)61-41-39(60-43(42(41)57-31-56-30-55-28-13-25-46)49-26-24-40(48-54-8)47-44(49)51)29-58-45(34-14-11-10-12-15-34,35-16-20-37(52-6)21-17-35)36-18-22-38(53-7)23-19-36/h10-12,14-24,26,32-33,39,41-43H,9,13,27-31H2,1-8H3,(H,47,48,51)/t39-,41?,42?,43-,62?/m1/s1. The summed E-state index contributed by atoms with van der Waals surface area (Å²) in [5.41, 5.74) is 3.26. The van der Waals surface area contributed by atoms with E-state index in [0.717, 1.165) is 23.1 Å². The molecule has 0 bridgehead atoms. The molecule has 0 aliphatic carbocycles. The third kappa shape index (κ3) is 12.1. The highest BCUT2D eigenvalue weighted by molar-refractivity contribution is 7.44. The molecule has 5 atom stereocenters. The molecule has 1 aliphatic heterocycles. The molecule has 0 spiro atoms. The van der Waals surface area contributed by atoms with Gasteiger partial charge in [-0.25, -0.2) is 14.9 Å². The van der Waals surface area contributed by atoms with E-state index >= 15 is 0 Å². The fourth-order valence-corrected chi connectivity index (χ4v) is 9.07. The third-order valence-corrected chi connectivity index (χ3v) is 12.1. The summed E-state index contributed by atoms with van der Waals surface area (Å²) in [6.07, 6.45) is -1.27. The van der Waals surface area contributed by atoms with Crippen LogP contribution in [0, 0.1) is 11.3 Å². The van der Waals surface area contributed by atoms with Crippen molar-refractivity contribution in [3.63, 3.8) is 0 Å². The predicted molar refractivity (Wildman–Crippen MR) is 233 cm³/mol. The molecule has 0 radical (unpaired) electrons. The maximum absolute atomic E-state index is 13.8. The van der Waals surface area contributed by atoms with Crippen LogP contribution in [0.2, 0.25) is 0 Å². The molecule has 0 saturated carbocycles. The topological polar surface area (TPSA) is 166 Å². The van der Waals surface area contributed by atoms with Crippen LogP contribution in [-0.2, 0) is 43.2 Å². The summed E-state index contributed by atoms with van der Waals surface area (Å²) >= 11 is 0. The van der Waals surface area contributed by atoms with Gasteiger partial charge in [-0.2, -0.15) is 10.2 Å². The van der Waals surface area contributed by atoms with E-state index in [1.165, 1.54) is 11.7 Å². The predicted octanol–water partition coefficient (Wildman–Crippen LogP) is 7.54. The number of anilines is 1. The second kappa shape index (κ2) is 24.4. The van der Waals surface area contributed by atoms with E-state index in [-0.39, 0.29) is 51.1 Å². The molecule has 3 aromatic carbocycles. The van der Waals surface area contributed by atoms with E-state index in [0.29, 0.717) is 18.1 Å². The fourth-order valence-electron chi connectivity index (χ4n) is 7.21. The zero-order chi connectivity index (χ0) is 44.5. The fraction of sp³-hybridized carbons (Fsp3) is 0.489. The molecule has 5 rings (SSSR count). The Morgan fingerprint density at radius 1 is 0.855 bits per heavy atom. The second-order valence-corrected chi connectivity index (χ2v) is 16.2. The number of ether oxygens (including phenoxy) is 7. The van der Waals surface area contributed by atoms with Crippen molar-refractivity contribution < 1.29 is 47.0 Å². The molecule has 2 heterocycles. The van der Waals surface area contributed by atoms with Gasteiger partial charge in [0.05, 0.1) is 53.6 Å². The van der Waals surface area contributed by atoms with Crippen molar-refractivity contribution in [3.05, 3.63) is 118 Å². The van der Waals surface area contributed by atoms with Gasteiger partial charge in [-0.05, 0) is 81.1 Å². The highest BCUT2D eigenvalue weighted by Crippen LogP contribution is 2.51. The Bertz CT molecular complexity index is 1960. The van der Waals surface area contributed by atoms with E-state index in [9.17, 15) is 4.79 Å². The summed E-state index contributed by atoms with van der Waals surface area (Å²) in [6.45, 7) is 10.6. The number of nitrogens with one attached hydrogen (secondary N) is 1. The first-order valence-electron chi connectivity index (χ1n) is 20.7. The highest BCUT2D eigenvalue weighted by atomic mass is 31.2. The van der Waals surface area contributed by atoms with Crippen LogP contribution in [-0.4, -0.2) is 99.4 Å². The van der Waals surface area contributed by atoms with Gasteiger partial charge >= 0.3 is 5.69 Å². The van der Waals surface area contributed by atoms with Gasteiger partial charge in [0.2, 0.25) is 0 Å². The minimum atomic E-state index is -1.72. The normalized spacial score (nSPS) is 18.3. The lowest BCUT2D eigenvalue weighted by Crippen LogP contribution is -2.43. The van der Waals surface area contributed by atoms with E-state index in [1.54, 1.807) is 26.5 Å². The summed E-state index contributed by atoms with van der Waals surface area (Å²) in [4.78, 5) is 23.0. The second-order valence-electron chi connectivity index (χ2n) is 14.8. The van der Waals surface area contributed by atoms with Gasteiger partial charge in [-0.15, -0.1) is 0 Å². The number of hydrogen-bond donors (Lipinski definition) is 1. The number of hydrogen-bond acceptors (Lipinski definition) is 15. The Morgan fingerprint density at radius 2 is 1.48 bits per heavy atom. The van der Waals surface area contributed by atoms with Gasteiger partial charge in [-0.3, -0.25) is 9.40 Å². The van der Waals surface area contributed by atoms with Crippen LogP contribution in [0.15, 0.2) is 95.9 Å². The van der Waals surface area contributed by atoms with Crippen LogP contribution in [0.3, 0.4) is 0 Å². The minimum Gasteiger partial charge on any atom is -0.497 e. The van der Waals surface area contributed by atoms with Crippen molar-refractivity contribution in [2.45, 2.75) is 89.7 Å². The Kier molecular flexibility index (Phi) is 19.1. The highest BCUT2D eigenvalue weighted by Gasteiger charge is 2.51. The average Bonchev–Trinajstić information content (AvgIpc) is 3.61. The lowest BCUT2D eigenvalue weighted by molar-refractivity contribution is -0.174. The quantitative estimate of drug-likeness (QED) is 0.0216. The summed E-state index contributed by atoms with van der Waals surface area (Å²) in [5, 5.41) is 8.94. The van der Waals surface area contributed by atoms with Gasteiger partial charge in [0, 0.05) is 18.3 Å². The molecule has 336 valence electrons. The molecule has 16 nitrogen and oxygen atoms in total. The summed E-state index contributed by atoms with van der Waals surface area (Å²) < 4.78 is 60.3. The molecule has 17 heteroatoms. The SMILES string of the molecule is CCCOP(OC1C(OCOCOCCC#N)[C@H](n2ccc(NOC)nc2=O)O[C@@H]1COC(c1ccccc1)(c1ccc(OC)cc1)c1ccc(OC)cc1)N(C(C)C)C(C)C. The van der Waals surface area contributed by atoms with Crippen LogP contribution in [0.4, 0.5) is 5.82 Å². The Morgan fingerprint density at radius 3 is 2.03 bits per heavy atom. The lowest BCUT2D eigenvalue weighted by atomic mass is 9.80. The Labute approximate surface area is 365 Å². The molecule has 1 aromatic heterocycles. The molecule has 4 aromatic rings. The largest absolute Gasteiger partial charge is 0.497 e. The number of benzene rings is 3. The van der Waals surface area contributed by atoms with Crippen LogP contribution in [0.5, 0.6) is 11.5 Å². The molecule has 1 saturated heterocycles. The number of methoxy groups -OCH3 is 2. The molecule has 1 aliphatic rings. The van der Waals surface area contributed by atoms with Crippen molar-refractivity contribution in [2.75, 3.05) is 60.2 Å². The maximum Gasteiger partial charge on any atom is 0.351 e. The van der Waals surface area contributed by atoms with Gasteiger partial charge in [0.15, 0.2) is 12.0 Å². The summed E-state index contributed by atoms with van der Waals surface area (Å²) in [6, 6.07) is 29.2. The first-order chi connectivity index (χ1) is 30.1. The number of nitrogens with zero attached hydrogens (tertiary/aromatic N) is 4. The van der Waals surface area contributed by atoms with E-state index in [1.807, 2.05) is 91.9 Å². The number of aromatic nitrogens is 2. The average molecular weight is 878 g/mol.